The van der Waals surface area contributed by atoms with E-state index in [9.17, 15) is 9.59 Å². The van der Waals surface area contributed by atoms with Crippen molar-refractivity contribution in [3.05, 3.63) is 39.3 Å². The molecule has 0 atom stereocenters. The first-order valence-corrected chi connectivity index (χ1v) is 8.87. The van der Waals surface area contributed by atoms with Gasteiger partial charge in [-0.15, -0.1) is 10.2 Å². The molecule has 0 saturated heterocycles. The quantitative estimate of drug-likeness (QED) is 0.542. The molecule has 0 radical (unpaired) electrons. The maximum atomic E-state index is 11.8. The highest BCUT2D eigenvalue weighted by Crippen LogP contribution is 2.16. The maximum Gasteiger partial charge on any atom is 0.247 e. The van der Waals surface area contributed by atoms with E-state index in [0.717, 1.165) is 16.5 Å². The summed E-state index contributed by atoms with van der Waals surface area (Å²) in [4.78, 5) is 23.3. The van der Waals surface area contributed by atoms with Gasteiger partial charge in [-0.2, -0.15) is 5.10 Å². The summed E-state index contributed by atoms with van der Waals surface area (Å²) in [6.45, 7) is 1.92. The van der Waals surface area contributed by atoms with Crippen LogP contribution in [0.15, 0.2) is 33.8 Å². The lowest BCUT2D eigenvalue weighted by Crippen LogP contribution is -2.19. The molecule has 1 aromatic heterocycles. The molecule has 126 valence electrons. The van der Waals surface area contributed by atoms with Crippen molar-refractivity contribution < 1.29 is 9.59 Å². The molecule has 0 spiro atoms. The molecule has 2 aromatic rings. The largest absolute Gasteiger partial charge is 0.301 e. The summed E-state index contributed by atoms with van der Waals surface area (Å²) in [5.74, 6) is -0.408. The minimum Gasteiger partial charge on any atom is -0.301 e. The van der Waals surface area contributed by atoms with Crippen LogP contribution in [0.2, 0.25) is 0 Å². The van der Waals surface area contributed by atoms with Crippen LogP contribution < -0.4 is 10.7 Å². The van der Waals surface area contributed by atoms with Gasteiger partial charge in [0.05, 0.1) is 12.6 Å². The normalized spacial score (nSPS) is 10.8. The summed E-state index contributed by atoms with van der Waals surface area (Å²) in [7, 11) is 0. The lowest BCUT2D eigenvalue weighted by Gasteiger charge is -1.97. The lowest BCUT2D eigenvalue weighted by atomic mass is 10.2. The minimum atomic E-state index is -0.300. The molecule has 9 heteroatoms. The third kappa shape index (κ3) is 6.17. The predicted molar refractivity (Wildman–Crippen MR) is 97.0 cm³/mol. The van der Waals surface area contributed by atoms with Crippen LogP contribution in [0.5, 0.6) is 0 Å². The van der Waals surface area contributed by atoms with Crippen molar-refractivity contribution >= 4 is 50.4 Å². The van der Waals surface area contributed by atoms with Crippen LogP contribution in [-0.2, 0) is 16.0 Å². The van der Waals surface area contributed by atoms with E-state index in [1.165, 1.54) is 11.3 Å². The second kappa shape index (κ2) is 9.24. The molecule has 2 rings (SSSR count). The summed E-state index contributed by atoms with van der Waals surface area (Å²) >= 11 is 4.52. The number of rotatable bonds is 7. The van der Waals surface area contributed by atoms with Gasteiger partial charge in [-0.25, -0.2) is 5.43 Å². The van der Waals surface area contributed by atoms with E-state index in [2.05, 4.69) is 42.0 Å². The zero-order valence-electron chi connectivity index (χ0n) is 13.0. The minimum absolute atomic E-state index is 0.0546. The van der Waals surface area contributed by atoms with Crippen molar-refractivity contribution in [2.45, 2.75) is 26.2 Å². The molecule has 24 heavy (non-hydrogen) atoms. The van der Waals surface area contributed by atoms with Gasteiger partial charge in [-0.1, -0.05) is 46.3 Å². The number of carbonyl (C=O) groups excluding carboxylic acids is 2. The standard InChI is InChI=1S/C15H16BrN5O2S/c1-2-3-12(22)18-15-21-20-14(24-15)8-13(23)19-17-9-10-4-6-11(16)7-5-10/h4-7,9H,2-3,8H2,1H3,(H,19,23)(H,18,21,22)/b17-9-. The summed E-state index contributed by atoms with van der Waals surface area (Å²) < 4.78 is 0.974. The predicted octanol–water partition coefficient (Wildman–Crippen LogP) is 2.73. The Morgan fingerprint density at radius 2 is 2.00 bits per heavy atom. The molecule has 0 aliphatic carbocycles. The van der Waals surface area contributed by atoms with Crippen molar-refractivity contribution in [2.24, 2.45) is 5.10 Å². The fraction of sp³-hybridized carbons (Fsp3) is 0.267. The fourth-order valence-corrected chi connectivity index (χ4v) is 2.71. The number of benzene rings is 1. The number of amides is 2. The number of anilines is 1. The van der Waals surface area contributed by atoms with Gasteiger partial charge >= 0.3 is 0 Å². The van der Waals surface area contributed by atoms with Crippen LogP contribution in [0.3, 0.4) is 0 Å². The number of halogens is 1. The summed E-state index contributed by atoms with van der Waals surface area (Å²) in [5.41, 5.74) is 3.31. The number of carbonyl (C=O) groups is 2. The second-order valence-electron chi connectivity index (χ2n) is 4.82. The maximum absolute atomic E-state index is 11.8. The molecule has 7 nitrogen and oxygen atoms in total. The molecule has 2 N–H and O–H groups in total. The van der Waals surface area contributed by atoms with Gasteiger partial charge in [0.25, 0.3) is 0 Å². The lowest BCUT2D eigenvalue weighted by molar-refractivity contribution is -0.120. The SMILES string of the molecule is CCCC(=O)Nc1nnc(CC(=O)N/N=C\c2ccc(Br)cc2)s1. The van der Waals surface area contributed by atoms with Crippen molar-refractivity contribution in [3.63, 3.8) is 0 Å². The number of hydrogen-bond donors (Lipinski definition) is 2. The Labute approximate surface area is 151 Å². The van der Waals surface area contributed by atoms with Gasteiger partial charge in [0.1, 0.15) is 5.01 Å². The monoisotopic (exact) mass is 409 g/mol. The Hall–Kier alpha value is -2.13. The topological polar surface area (TPSA) is 96.3 Å². The van der Waals surface area contributed by atoms with Crippen molar-refractivity contribution in [2.75, 3.05) is 5.32 Å². The third-order valence-corrected chi connectivity index (χ3v) is 4.14. The zero-order valence-corrected chi connectivity index (χ0v) is 15.4. The molecule has 1 aromatic carbocycles. The van der Waals surface area contributed by atoms with E-state index < -0.39 is 0 Å². The van der Waals surface area contributed by atoms with E-state index in [1.807, 2.05) is 31.2 Å². The van der Waals surface area contributed by atoms with Crippen LogP contribution in [-0.4, -0.2) is 28.2 Å². The fourth-order valence-electron chi connectivity index (χ4n) is 1.69. The average Bonchev–Trinajstić information content (AvgIpc) is 2.96. The summed E-state index contributed by atoms with van der Waals surface area (Å²) in [5, 5.41) is 15.2. The number of nitrogens with one attached hydrogen (secondary N) is 2. The third-order valence-electron chi connectivity index (χ3n) is 2.77. The number of hydrogen-bond acceptors (Lipinski definition) is 6. The average molecular weight is 410 g/mol. The molecule has 0 aliphatic heterocycles. The van der Waals surface area contributed by atoms with E-state index in [-0.39, 0.29) is 18.2 Å². The summed E-state index contributed by atoms with van der Waals surface area (Å²) in [6.07, 6.45) is 2.80. The molecule has 0 saturated carbocycles. The Bertz CT molecular complexity index is 730. The molecular weight excluding hydrogens is 394 g/mol. The molecule has 0 bridgehead atoms. The number of nitrogens with zero attached hydrogens (tertiary/aromatic N) is 3. The second-order valence-corrected chi connectivity index (χ2v) is 6.80. The van der Waals surface area contributed by atoms with Crippen LogP contribution in [0, 0.1) is 0 Å². The molecule has 0 aliphatic rings. The Morgan fingerprint density at radius 1 is 1.25 bits per heavy atom. The highest BCUT2D eigenvalue weighted by molar-refractivity contribution is 9.10. The van der Waals surface area contributed by atoms with E-state index >= 15 is 0 Å². The number of aromatic nitrogens is 2. The molecule has 1 heterocycles. The van der Waals surface area contributed by atoms with Crippen molar-refractivity contribution in [3.8, 4) is 0 Å². The molecule has 0 unspecified atom stereocenters. The van der Waals surface area contributed by atoms with Gasteiger partial charge in [0.15, 0.2) is 0 Å². The van der Waals surface area contributed by atoms with E-state index in [1.54, 1.807) is 6.21 Å². The van der Waals surface area contributed by atoms with Crippen LogP contribution in [0.4, 0.5) is 5.13 Å². The zero-order chi connectivity index (χ0) is 17.4. The Balaban J connectivity index is 1.81. The Morgan fingerprint density at radius 3 is 2.71 bits per heavy atom. The van der Waals surface area contributed by atoms with Gasteiger partial charge in [-0.05, 0) is 24.1 Å². The smallest absolute Gasteiger partial charge is 0.247 e. The van der Waals surface area contributed by atoms with Crippen LogP contribution >= 0.6 is 27.3 Å². The first-order chi connectivity index (χ1) is 11.6. The van der Waals surface area contributed by atoms with Crippen LogP contribution in [0.1, 0.15) is 30.3 Å². The number of hydrazone groups is 1. The van der Waals surface area contributed by atoms with E-state index in [4.69, 9.17) is 0 Å². The first-order valence-electron chi connectivity index (χ1n) is 7.26. The molecular formula is C15H16BrN5O2S. The van der Waals surface area contributed by atoms with Crippen LogP contribution in [0.25, 0.3) is 0 Å². The van der Waals surface area contributed by atoms with Gasteiger partial charge in [0, 0.05) is 10.9 Å². The van der Waals surface area contributed by atoms with Crippen molar-refractivity contribution in [1.82, 2.24) is 15.6 Å². The Kier molecular flexibility index (Phi) is 7.01. The molecule has 0 fully saturated rings. The summed E-state index contributed by atoms with van der Waals surface area (Å²) in [6, 6.07) is 7.52. The first kappa shape index (κ1) is 18.2. The highest BCUT2D eigenvalue weighted by Gasteiger charge is 2.10. The highest BCUT2D eigenvalue weighted by atomic mass is 79.9. The van der Waals surface area contributed by atoms with Crippen molar-refractivity contribution in [1.29, 1.82) is 0 Å². The van der Waals surface area contributed by atoms with Gasteiger partial charge in [0.2, 0.25) is 16.9 Å². The molecule has 2 amide bonds. The van der Waals surface area contributed by atoms with Gasteiger partial charge in [-0.3, -0.25) is 9.59 Å². The van der Waals surface area contributed by atoms with Gasteiger partial charge < -0.3 is 5.32 Å². The van der Waals surface area contributed by atoms with E-state index in [0.29, 0.717) is 16.6 Å².